The third-order valence-corrected chi connectivity index (χ3v) is 3.87. The van der Waals surface area contributed by atoms with Gasteiger partial charge in [0.1, 0.15) is 0 Å². The van der Waals surface area contributed by atoms with Crippen LogP contribution in [0.1, 0.15) is 12.5 Å². The van der Waals surface area contributed by atoms with Gasteiger partial charge in [0, 0.05) is 22.7 Å². The molecular formula is C22H16N2. The Labute approximate surface area is 142 Å². The number of rotatable bonds is 3. The van der Waals surface area contributed by atoms with Crippen molar-refractivity contribution in [1.29, 1.82) is 0 Å². The molecule has 0 radical (unpaired) electrons. The summed E-state index contributed by atoms with van der Waals surface area (Å²) in [6.07, 6.45) is 0.276. The topological polar surface area (TPSA) is 25.2 Å². The summed E-state index contributed by atoms with van der Waals surface area (Å²) < 4.78 is 7.63. The van der Waals surface area contributed by atoms with E-state index in [1.807, 2.05) is 60.7 Å². The molecule has 0 bridgehead atoms. The van der Waals surface area contributed by atoms with E-state index in [2.05, 4.69) is 29.2 Å². The fourth-order valence-electron chi connectivity index (χ4n) is 2.70. The third-order valence-electron chi connectivity index (χ3n) is 3.87. The summed E-state index contributed by atoms with van der Waals surface area (Å²) in [6, 6.07) is 29.9. The Hall–Kier alpha value is -3.26. The Morgan fingerprint density at radius 1 is 0.750 bits per heavy atom. The quantitative estimate of drug-likeness (QED) is 0.465. The SMILES string of the molecule is [2H]c1ccc2cc(N=C(c3ccccc3)c3ccccc3)ccc2n1. The maximum Gasteiger partial charge on any atom is 0.0840 e. The molecule has 0 aliphatic heterocycles. The summed E-state index contributed by atoms with van der Waals surface area (Å²) in [4.78, 5) is 9.14. The average molecular weight is 309 g/mol. The molecule has 4 aromatic rings. The van der Waals surface area contributed by atoms with Crippen LogP contribution < -0.4 is 0 Å². The molecule has 114 valence electrons. The second-order valence-electron chi connectivity index (χ2n) is 5.51. The maximum atomic E-state index is 7.63. The van der Waals surface area contributed by atoms with E-state index in [1.165, 1.54) is 0 Å². The van der Waals surface area contributed by atoms with Crippen molar-refractivity contribution >= 4 is 22.3 Å². The molecule has 0 aliphatic rings. The zero-order valence-corrected chi connectivity index (χ0v) is 13.1. The predicted molar refractivity (Wildman–Crippen MR) is 99.9 cm³/mol. The molecular weight excluding hydrogens is 292 g/mol. The van der Waals surface area contributed by atoms with Gasteiger partial charge in [-0.3, -0.25) is 4.98 Å². The normalized spacial score (nSPS) is 11.1. The van der Waals surface area contributed by atoms with E-state index in [1.54, 1.807) is 6.07 Å². The van der Waals surface area contributed by atoms with Gasteiger partial charge in [0.25, 0.3) is 0 Å². The molecule has 0 spiro atoms. The molecule has 0 unspecified atom stereocenters. The molecule has 0 amide bonds. The van der Waals surface area contributed by atoms with Crippen LogP contribution >= 0.6 is 0 Å². The van der Waals surface area contributed by atoms with Gasteiger partial charge in [0.05, 0.1) is 18.3 Å². The second-order valence-corrected chi connectivity index (χ2v) is 5.51. The lowest BCUT2D eigenvalue weighted by molar-refractivity contribution is 1.40. The van der Waals surface area contributed by atoms with Crippen LogP contribution in [0, 0.1) is 0 Å². The first-order valence-corrected chi connectivity index (χ1v) is 7.86. The van der Waals surface area contributed by atoms with Crippen molar-refractivity contribution in [2.24, 2.45) is 4.99 Å². The lowest BCUT2D eigenvalue weighted by atomic mass is 10.0. The number of hydrogen-bond acceptors (Lipinski definition) is 2. The Morgan fingerprint density at radius 2 is 1.42 bits per heavy atom. The van der Waals surface area contributed by atoms with E-state index >= 15 is 0 Å². The number of nitrogens with zero attached hydrogens (tertiary/aromatic N) is 2. The van der Waals surface area contributed by atoms with Crippen LogP contribution in [0.15, 0.2) is 102 Å². The summed E-state index contributed by atoms with van der Waals surface area (Å²) in [5.41, 5.74) is 4.77. The van der Waals surface area contributed by atoms with Gasteiger partial charge in [0.2, 0.25) is 0 Å². The van der Waals surface area contributed by atoms with Crippen molar-refractivity contribution in [2.75, 3.05) is 0 Å². The number of hydrogen-bond donors (Lipinski definition) is 0. The fraction of sp³-hybridized carbons (Fsp3) is 0. The Bertz CT molecular complexity index is 1000. The average Bonchev–Trinajstić information content (AvgIpc) is 2.67. The van der Waals surface area contributed by atoms with Crippen LogP contribution in [0.5, 0.6) is 0 Å². The molecule has 24 heavy (non-hydrogen) atoms. The molecule has 0 fully saturated rings. The molecule has 2 heteroatoms. The standard InChI is InChI=1S/C22H16N2/c1-3-8-17(9-4-1)22(18-10-5-2-6-11-18)24-20-13-14-21-19(16-20)12-7-15-23-21/h1-16H/i15D. The molecule has 0 N–H and O–H groups in total. The maximum absolute atomic E-state index is 7.63. The van der Waals surface area contributed by atoms with E-state index in [4.69, 9.17) is 6.36 Å². The molecule has 2 nitrogen and oxygen atoms in total. The third kappa shape index (κ3) is 2.95. The van der Waals surface area contributed by atoms with Gasteiger partial charge in [-0.1, -0.05) is 66.7 Å². The van der Waals surface area contributed by atoms with Crippen LogP contribution in [0.4, 0.5) is 5.69 Å². The number of benzene rings is 3. The van der Waals surface area contributed by atoms with Crippen molar-refractivity contribution < 1.29 is 1.37 Å². The van der Waals surface area contributed by atoms with Gasteiger partial charge < -0.3 is 0 Å². The first-order valence-electron chi connectivity index (χ1n) is 8.36. The lowest BCUT2D eigenvalue weighted by Gasteiger charge is -2.08. The molecule has 1 aromatic heterocycles. The molecule has 0 saturated carbocycles. The minimum atomic E-state index is 0.276. The fourth-order valence-corrected chi connectivity index (χ4v) is 2.70. The highest BCUT2D eigenvalue weighted by molar-refractivity contribution is 6.14. The minimum absolute atomic E-state index is 0.276. The number of aromatic nitrogens is 1. The van der Waals surface area contributed by atoms with Gasteiger partial charge in [-0.15, -0.1) is 0 Å². The Balaban J connectivity index is 1.86. The first-order chi connectivity index (χ1) is 12.3. The van der Waals surface area contributed by atoms with Crippen molar-refractivity contribution in [3.63, 3.8) is 0 Å². The van der Waals surface area contributed by atoms with Crippen LogP contribution in [-0.2, 0) is 0 Å². The molecule has 1 heterocycles. The van der Waals surface area contributed by atoms with Crippen LogP contribution in [-0.4, -0.2) is 10.7 Å². The highest BCUT2D eigenvalue weighted by Gasteiger charge is 2.07. The number of pyridine rings is 1. The van der Waals surface area contributed by atoms with Crippen molar-refractivity contribution in [3.8, 4) is 0 Å². The Kier molecular flexibility index (Phi) is 3.56. The van der Waals surface area contributed by atoms with Gasteiger partial charge in [0.15, 0.2) is 0 Å². The monoisotopic (exact) mass is 309 g/mol. The summed E-state index contributed by atoms with van der Waals surface area (Å²) in [5, 5.41) is 0.984. The van der Waals surface area contributed by atoms with E-state index in [9.17, 15) is 0 Å². The molecule has 0 aliphatic carbocycles. The highest BCUT2D eigenvalue weighted by Crippen LogP contribution is 2.22. The summed E-state index contributed by atoms with van der Waals surface area (Å²) >= 11 is 0. The molecule has 4 rings (SSSR count). The zero-order valence-electron chi connectivity index (χ0n) is 14.1. The van der Waals surface area contributed by atoms with E-state index in [-0.39, 0.29) is 6.17 Å². The number of fused-ring (bicyclic) bond motifs is 1. The minimum Gasteiger partial charge on any atom is -0.256 e. The first kappa shape index (κ1) is 13.2. The zero-order chi connectivity index (χ0) is 17.1. The molecule has 0 atom stereocenters. The largest absolute Gasteiger partial charge is 0.256 e. The smallest absolute Gasteiger partial charge is 0.0840 e. The van der Waals surface area contributed by atoms with Gasteiger partial charge in [-0.2, -0.15) is 0 Å². The summed E-state index contributed by atoms with van der Waals surface area (Å²) in [7, 11) is 0. The van der Waals surface area contributed by atoms with E-state index in [0.29, 0.717) is 0 Å². The van der Waals surface area contributed by atoms with Crippen LogP contribution in [0.25, 0.3) is 10.9 Å². The molecule has 3 aromatic carbocycles. The predicted octanol–water partition coefficient (Wildman–Crippen LogP) is 5.40. The van der Waals surface area contributed by atoms with Crippen LogP contribution in [0.2, 0.25) is 0 Å². The van der Waals surface area contributed by atoms with Gasteiger partial charge in [-0.05, 0) is 24.3 Å². The molecule has 0 saturated heterocycles. The summed E-state index contributed by atoms with van der Waals surface area (Å²) in [6.45, 7) is 0. The van der Waals surface area contributed by atoms with Gasteiger partial charge >= 0.3 is 0 Å². The second kappa shape index (κ2) is 6.47. The van der Waals surface area contributed by atoms with Gasteiger partial charge in [-0.25, -0.2) is 4.99 Å². The lowest BCUT2D eigenvalue weighted by Crippen LogP contribution is -2.02. The number of aliphatic imine (C=N–C) groups is 1. The van der Waals surface area contributed by atoms with E-state index < -0.39 is 0 Å². The highest BCUT2D eigenvalue weighted by atomic mass is 14.8. The Morgan fingerprint density at radius 3 is 2.08 bits per heavy atom. The van der Waals surface area contributed by atoms with Crippen molar-refractivity contribution in [1.82, 2.24) is 4.98 Å². The van der Waals surface area contributed by atoms with Crippen LogP contribution in [0.3, 0.4) is 0 Å². The van der Waals surface area contributed by atoms with Crippen molar-refractivity contribution in [2.45, 2.75) is 0 Å². The summed E-state index contributed by atoms with van der Waals surface area (Å²) in [5.74, 6) is 0. The van der Waals surface area contributed by atoms with E-state index in [0.717, 1.165) is 33.4 Å². The van der Waals surface area contributed by atoms with Crippen molar-refractivity contribution in [3.05, 3.63) is 108 Å².